The van der Waals surface area contributed by atoms with E-state index in [0.29, 0.717) is 4.67 Å². The summed E-state index contributed by atoms with van der Waals surface area (Å²) in [4.78, 5) is 0. The summed E-state index contributed by atoms with van der Waals surface area (Å²) in [6.07, 6.45) is 0. The Labute approximate surface area is 102 Å². The van der Waals surface area contributed by atoms with Gasteiger partial charge in [-0.2, -0.15) is 0 Å². The molecule has 0 radical (unpaired) electrons. The summed E-state index contributed by atoms with van der Waals surface area (Å²) in [5, 5.41) is 3.22. The number of benzene rings is 1. The first-order valence-electron chi connectivity index (χ1n) is 4.92. The third-order valence-electron chi connectivity index (χ3n) is 2.25. The lowest BCUT2D eigenvalue weighted by Gasteiger charge is -2.12. The second-order valence-corrected chi connectivity index (χ2v) is 4.30. The van der Waals surface area contributed by atoms with Crippen molar-refractivity contribution in [2.24, 2.45) is 0 Å². The summed E-state index contributed by atoms with van der Waals surface area (Å²) in [7, 11) is 0. The molecule has 0 aliphatic carbocycles. The van der Waals surface area contributed by atoms with Gasteiger partial charge in [0, 0.05) is 5.69 Å². The Kier molecular flexibility index (Phi) is 3.29. The summed E-state index contributed by atoms with van der Waals surface area (Å²) in [5.74, 6) is 0.593. The highest BCUT2D eigenvalue weighted by Crippen LogP contribution is 2.23. The Balaban J connectivity index is 2.07. The van der Waals surface area contributed by atoms with Gasteiger partial charge in [0.15, 0.2) is 4.67 Å². The molecule has 2 rings (SSSR count). The minimum Gasteiger partial charge on any atom is -0.452 e. The molecule has 0 fully saturated rings. The van der Waals surface area contributed by atoms with E-state index in [1.165, 1.54) is 12.1 Å². The van der Waals surface area contributed by atoms with Gasteiger partial charge in [-0.15, -0.1) is 0 Å². The van der Waals surface area contributed by atoms with E-state index in [2.05, 4.69) is 21.2 Å². The van der Waals surface area contributed by atoms with Crippen LogP contribution in [-0.4, -0.2) is 0 Å². The molecule has 2 nitrogen and oxygen atoms in total. The molecule has 1 aromatic carbocycles. The van der Waals surface area contributed by atoms with E-state index in [0.717, 1.165) is 11.4 Å². The summed E-state index contributed by atoms with van der Waals surface area (Å²) in [5.41, 5.74) is 0.862. The molecule has 2 aromatic rings. The minimum atomic E-state index is -0.237. The Morgan fingerprint density at radius 3 is 2.44 bits per heavy atom. The lowest BCUT2D eigenvalue weighted by molar-refractivity contribution is 0.471. The first-order valence-corrected chi connectivity index (χ1v) is 5.72. The van der Waals surface area contributed by atoms with E-state index < -0.39 is 0 Å². The van der Waals surface area contributed by atoms with Gasteiger partial charge in [0.2, 0.25) is 0 Å². The zero-order valence-corrected chi connectivity index (χ0v) is 10.3. The molecule has 84 valence electrons. The molecular weight excluding hydrogens is 273 g/mol. The summed E-state index contributed by atoms with van der Waals surface area (Å²) < 4.78 is 18.8. The van der Waals surface area contributed by atoms with Crippen molar-refractivity contribution < 1.29 is 8.81 Å². The lowest BCUT2D eigenvalue weighted by Crippen LogP contribution is -2.05. The highest BCUT2D eigenvalue weighted by Gasteiger charge is 2.09. The largest absolute Gasteiger partial charge is 0.452 e. The molecule has 0 aliphatic heterocycles. The smallest absolute Gasteiger partial charge is 0.169 e. The quantitative estimate of drug-likeness (QED) is 0.906. The van der Waals surface area contributed by atoms with Crippen LogP contribution in [-0.2, 0) is 0 Å². The molecular formula is C12H11BrFNO. The second kappa shape index (κ2) is 4.70. The van der Waals surface area contributed by atoms with Gasteiger partial charge in [-0.3, -0.25) is 0 Å². The molecule has 0 bridgehead atoms. The van der Waals surface area contributed by atoms with Crippen LogP contribution in [0.15, 0.2) is 45.5 Å². The monoisotopic (exact) mass is 283 g/mol. The fraction of sp³-hybridized carbons (Fsp3) is 0.167. The second-order valence-electron chi connectivity index (χ2n) is 3.51. The lowest BCUT2D eigenvalue weighted by atomic mass is 10.2. The number of anilines is 1. The van der Waals surface area contributed by atoms with Crippen LogP contribution in [0.2, 0.25) is 0 Å². The Hall–Kier alpha value is -1.29. The Morgan fingerprint density at radius 2 is 1.88 bits per heavy atom. The number of rotatable bonds is 3. The van der Waals surface area contributed by atoms with Crippen molar-refractivity contribution in [1.82, 2.24) is 0 Å². The van der Waals surface area contributed by atoms with Crippen LogP contribution >= 0.6 is 15.9 Å². The van der Waals surface area contributed by atoms with Crippen LogP contribution in [0.5, 0.6) is 0 Å². The maximum Gasteiger partial charge on any atom is 0.169 e. The average molecular weight is 284 g/mol. The van der Waals surface area contributed by atoms with E-state index in [-0.39, 0.29) is 11.9 Å². The highest BCUT2D eigenvalue weighted by molar-refractivity contribution is 9.10. The summed E-state index contributed by atoms with van der Waals surface area (Å²) >= 11 is 3.25. The molecule has 0 saturated heterocycles. The molecule has 1 unspecified atom stereocenters. The van der Waals surface area contributed by atoms with Crippen LogP contribution in [0.1, 0.15) is 18.7 Å². The molecule has 0 saturated carbocycles. The Bertz CT molecular complexity index is 466. The van der Waals surface area contributed by atoms with Gasteiger partial charge in [0.25, 0.3) is 0 Å². The van der Waals surface area contributed by atoms with Gasteiger partial charge in [0.1, 0.15) is 11.6 Å². The third kappa shape index (κ3) is 2.64. The minimum absolute atomic E-state index is 0.0387. The van der Waals surface area contributed by atoms with Crippen LogP contribution in [0, 0.1) is 5.82 Å². The van der Waals surface area contributed by atoms with Crippen LogP contribution in [0.25, 0.3) is 0 Å². The maximum absolute atomic E-state index is 12.7. The number of hydrogen-bond donors (Lipinski definition) is 1. The van der Waals surface area contributed by atoms with E-state index >= 15 is 0 Å². The van der Waals surface area contributed by atoms with E-state index in [9.17, 15) is 4.39 Å². The molecule has 4 heteroatoms. The van der Waals surface area contributed by atoms with Crippen LogP contribution in [0.3, 0.4) is 0 Å². The van der Waals surface area contributed by atoms with E-state index in [1.807, 2.05) is 19.1 Å². The molecule has 1 aromatic heterocycles. The molecule has 0 aliphatic rings. The van der Waals surface area contributed by atoms with E-state index in [1.54, 1.807) is 12.1 Å². The van der Waals surface area contributed by atoms with Gasteiger partial charge in [-0.25, -0.2) is 4.39 Å². The standard InChI is InChI=1S/C12H11BrFNO/c1-8(11-6-7-12(13)16-11)15-10-4-2-9(14)3-5-10/h2-8,15H,1H3. The van der Waals surface area contributed by atoms with Crippen molar-refractivity contribution >= 4 is 21.6 Å². The van der Waals surface area contributed by atoms with Crippen molar-refractivity contribution in [3.05, 3.63) is 52.6 Å². The molecule has 0 spiro atoms. The van der Waals surface area contributed by atoms with Crippen molar-refractivity contribution in [3.8, 4) is 0 Å². The number of nitrogens with one attached hydrogen (secondary N) is 1. The van der Waals surface area contributed by atoms with Gasteiger partial charge >= 0.3 is 0 Å². The van der Waals surface area contributed by atoms with Gasteiger partial charge < -0.3 is 9.73 Å². The summed E-state index contributed by atoms with van der Waals surface area (Å²) in [6, 6.07) is 10.0. The van der Waals surface area contributed by atoms with Gasteiger partial charge in [-0.1, -0.05) is 0 Å². The molecule has 1 N–H and O–H groups in total. The van der Waals surface area contributed by atoms with Crippen LogP contribution in [0.4, 0.5) is 10.1 Å². The van der Waals surface area contributed by atoms with Crippen molar-refractivity contribution in [2.45, 2.75) is 13.0 Å². The maximum atomic E-state index is 12.7. The van der Waals surface area contributed by atoms with Gasteiger partial charge in [0.05, 0.1) is 6.04 Å². The normalized spacial score (nSPS) is 12.4. The molecule has 16 heavy (non-hydrogen) atoms. The van der Waals surface area contributed by atoms with Crippen molar-refractivity contribution in [2.75, 3.05) is 5.32 Å². The average Bonchev–Trinajstić information content (AvgIpc) is 2.68. The van der Waals surface area contributed by atoms with Crippen molar-refractivity contribution in [1.29, 1.82) is 0 Å². The highest BCUT2D eigenvalue weighted by atomic mass is 79.9. The topological polar surface area (TPSA) is 25.2 Å². The van der Waals surface area contributed by atoms with Crippen molar-refractivity contribution in [3.63, 3.8) is 0 Å². The Morgan fingerprint density at radius 1 is 1.19 bits per heavy atom. The first kappa shape index (κ1) is 11.2. The zero-order valence-electron chi connectivity index (χ0n) is 8.71. The number of furan rings is 1. The summed E-state index contributed by atoms with van der Waals surface area (Å²) in [6.45, 7) is 1.98. The molecule has 1 heterocycles. The SMILES string of the molecule is CC(Nc1ccc(F)cc1)c1ccc(Br)o1. The van der Waals surface area contributed by atoms with Gasteiger partial charge in [-0.05, 0) is 59.3 Å². The fourth-order valence-corrected chi connectivity index (χ4v) is 1.75. The predicted molar refractivity (Wildman–Crippen MR) is 64.8 cm³/mol. The molecule has 1 atom stereocenters. The fourth-order valence-electron chi connectivity index (χ4n) is 1.43. The van der Waals surface area contributed by atoms with E-state index in [4.69, 9.17) is 4.42 Å². The number of hydrogen-bond acceptors (Lipinski definition) is 2. The first-order chi connectivity index (χ1) is 7.65. The molecule has 0 amide bonds. The van der Waals surface area contributed by atoms with Crippen LogP contribution < -0.4 is 5.32 Å². The predicted octanol–water partition coefficient (Wildman–Crippen LogP) is 4.35. The third-order valence-corrected chi connectivity index (χ3v) is 2.67. The zero-order chi connectivity index (χ0) is 11.5. The number of halogens is 2.